The van der Waals surface area contributed by atoms with Crippen molar-refractivity contribution in [3.8, 4) is 0 Å². The summed E-state index contributed by atoms with van der Waals surface area (Å²) in [4.78, 5) is 90.5. The Bertz CT molecular complexity index is 1710. The Morgan fingerprint density at radius 3 is 2.39 bits per heavy atom. The molecule has 61 heavy (non-hydrogen) atoms. The van der Waals surface area contributed by atoms with Gasteiger partial charge in [-0.05, 0) is 76.7 Å². The quantitative estimate of drug-likeness (QED) is 0.0679. The van der Waals surface area contributed by atoms with Crippen LogP contribution in [0.15, 0.2) is 0 Å². The van der Waals surface area contributed by atoms with Crippen LogP contribution in [0, 0.1) is 23.7 Å². The van der Waals surface area contributed by atoms with Gasteiger partial charge in [0.15, 0.2) is 0 Å². The smallest absolute Gasteiger partial charge is 0.249 e. The summed E-state index contributed by atoms with van der Waals surface area (Å²) in [7, 11) is -3.42. The molecule has 0 radical (unpaired) electrons. The maximum absolute atomic E-state index is 13.5. The van der Waals surface area contributed by atoms with Crippen molar-refractivity contribution in [3.63, 3.8) is 0 Å². The number of nitrogens with zero attached hydrogens (tertiary/aromatic N) is 2. The maximum Gasteiger partial charge on any atom is 0.249 e. The summed E-state index contributed by atoms with van der Waals surface area (Å²) in [6.45, 7) is 1.80. The highest BCUT2D eigenvalue weighted by molar-refractivity contribution is 8.00. The molecule has 6 N–H and O–H groups in total. The summed E-state index contributed by atoms with van der Waals surface area (Å²) in [6, 6.07) is -1.43. The molecule has 6 aliphatic rings. The Balaban J connectivity index is 0.824. The number of fused-ring (bicyclic) bond motifs is 1. The number of carbonyl (C=O) groups excluding carboxylic acids is 7. The van der Waals surface area contributed by atoms with Gasteiger partial charge < -0.3 is 26.0 Å². The molecule has 7 unspecified atom stereocenters. The molecule has 4 saturated heterocycles. The second-order valence-electron chi connectivity index (χ2n) is 17.7. The van der Waals surface area contributed by atoms with Gasteiger partial charge in [-0.2, -0.15) is 0 Å². The van der Waals surface area contributed by atoms with E-state index >= 15 is 0 Å². The Hall–Kier alpha value is -3.17. The van der Waals surface area contributed by atoms with Gasteiger partial charge in [0.25, 0.3) is 0 Å². The van der Waals surface area contributed by atoms with Gasteiger partial charge in [-0.1, -0.05) is 32.1 Å². The zero-order valence-electron chi connectivity index (χ0n) is 35.5. The van der Waals surface area contributed by atoms with Crippen molar-refractivity contribution in [3.05, 3.63) is 0 Å². The number of hydrogen-bond donors (Lipinski definition) is 6. The van der Waals surface area contributed by atoms with Gasteiger partial charge >= 0.3 is 0 Å². The number of rotatable bonds is 21. The highest BCUT2D eigenvalue weighted by Gasteiger charge is 2.54. The van der Waals surface area contributed by atoms with E-state index in [1.165, 1.54) is 36.4 Å². The van der Waals surface area contributed by atoms with Gasteiger partial charge in [-0.25, -0.2) is 12.7 Å². The highest BCUT2D eigenvalue weighted by Crippen LogP contribution is 2.40. The minimum absolute atomic E-state index is 0.0720. The van der Waals surface area contributed by atoms with Gasteiger partial charge in [0.1, 0.15) is 17.6 Å². The van der Waals surface area contributed by atoms with E-state index in [4.69, 9.17) is 4.74 Å². The van der Waals surface area contributed by atoms with Crippen LogP contribution in [-0.2, 0) is 48.3 Å². The second-order valence-corrected chi connectivity index (χ2v) is 20.8. The van der Waals surface area contributed by atoms with Crippen LogP contribution in [-0.4, -0.2) is 140 Å². The lowest BCUT2D eigenvalue weighted by Gasteiger charge is -2.29. The van der Waals surface area contributed by atoms with E-state index in [0.717, 1.165) is 55.6 Å². The Labute approximate surface area is 363 Å². The summed E-state index contributed by atoms with van der Waals surface area (Å²) in [6.07, 6.45) is 14.2. The van der Waals surface area contributed by atoms with Crippen LogP contribution in [0.25, 0.3) is 0 Å². The summed E-state index contributed by atoms with van der Waals surface area (Å²) in [5, 5.41) is 18.1. The minimum atomic E-state index is -3.42. The largest absolute Gasteiger partial charge is 0.379 e. The third-order valence-electron chi connectivity index (χ3n) is 13.2. The molecule has 18 nitrogen and oxygen atoms in total. The van der Waals surface area contributed by atoms with Crippen LogP contribution in [0.3, 0.4) is 0 Å². The number of thioether (sulfide) groups is 1. The van der Waals surface area contributed by atoms with Crippen LogP contribution in [0.2, 0.25) is 0 Å². The Kier molecular flexibility index (Phi) is 17.4. The van der Waals surface area contributed by atoms with E-state index in [0.29, 0.717) is 44.2 Å². The number of nitrogens with one attached hydrogen (secondary N) is 6. The van der Waals surface area contributed by atoms with Gasteiger partial charge in [-0.15, -0.1) is 11.8 Å². The molecule has 6 rings (SSSR count). The number of imide groups is 2. The maximum atomic E-state index is 13.5. The molecular formula is C41H66N8O10S2. The predicted octanol–water partition coefficient (Wildman–Crippen LogP) is 0.460. The zero-order chi connectivity index (χ0) is 43.5. The van der Waals surface area contributed by atoms with E-state index in [-0.39, 0.29) is 92.5 Å². The molecule has 342 valence electrons. The number of ether oxygens (including phenoxy) is 1. The average Bonchev–Trinajstić information content (AvgIpc) is 3.98. The molecule has 0 aromatic carbocycles. The molecule has 0 spiro atoms. The lowest BCUT2D eigenvalue weighted by atomic mass is 9.78. The number of carbonyl (C=O) groups is 7. The molecule has 4 aliphatic heterocycles. The summed E-state index contributed by atoms with van der Waals surface area (Å²) < 4.78 is 31.1. The summed E-state index contributed by atoms with van der Waals surface area (Å²) >= 11 is 1.64. The molecular weight excluding hydrogens is 829 g/mol. The lowest BCUT2D eigenvalue weighted by molar-refractivity contribution is -0.151. The predicted molar refractivity (Wildman–Crippen MR) is 227 cm³/mol. The van der Waals surface area contributed by atoms with Gasteiger partial charge in [0.05, 0.1) is 30.6 Å². The van der Waals surface area contributed by atoms with Crippen LogP contribution < -0.4 is 31.9 Å². The van der Waals surface area contributed by atoms with Crippen molar-refractivity contribution in [2.24, 2.45) is 23.7 Å². The Morgan fingerprint density at radius 1 is 0.902 bits per heavy atom. The first-order valence-electron chi connectivity index (χ1n) is 22.5. The molecule has 7 amide bonds. The van der Waals surface area contributed by atoms with Crippen molar-refractivity contribution in [1.82, 2.24) is 41.1 Å². The third-order valence-corrected chi connectivity index (χ3v) is 15.6. The molecule has 0 aromatic rings. The van der Waals surface area contributed by atoms with Gasteiger partial charge in [-0.3, -0.25) is 49.1 Å². The molecule has 6 fully saturated rings. The van der Waals surface area contributed by atoms with Crippen LogP contribution in [0.1, 0.15) is 109 Å². The molecule has 0 bridgehead atoms. The number of piperidine rings is 1. The second kappa shape index (κ2) is 22.4. The number of hydrogen-bond acceptors (Lipinski definition) is 13. The normalized spacial score (nSPS) is 29.3. The summed E-state index contributed by atoms with van der Waals surface area (Å²) in [5.74, 6) is -2.30. The van der Waals surface area contributed by atoms with E-state index in [1.54, 1.807) is 11.8 Å². The first kappa shape index (κ1) is 47.3. The van der Waals surface area contributed by atoms with E-state index in [1.807, 2.05) is 0 Å². The van der Waals surface area contributed by atoms with E-state index < -0.39 is 45.8 Å². The molecule has 20 heteroatoms. The minimum Gasteiger partial charge on any atom is -0.379 e. The lowest BCUT2D eigenvalue weighted by Crippen LogP contribution is -2.55. The monoisotopic (exact) mass is 894 g/mol. The molecule has 4 heterocycles. The average molecular weight is 895 g/mol. The first-order valence-corrected chi connectivity index (χ1v) is 25.4. The SMILES string of the molecule is CS(=O)(=O)N1CCC(C(=O)N[C@@H](COCCCC(=O)NCCCCCCNC2CCC3C(=O)N(C4CCC(=O)NC4=O)C(=O)C3C2)C(=O)NC2NC(C3CCCCC3)CS2)C1. The summed E-state index contributed by atoms with van der Waals surface area (Å²) in [5.41, 5.74) is -0.279. The number of amides is 7. The van der Waals surface area contributed by atoms with Gasteiger partial charge in [0.2, 0.25) is 51.4 Å². The van der Waals surface area contributed by atoms with E-state index in [2.05, 4.69) is 31.9 Å². The van der Waals surface area contributed by atoms with Crippen molar-refractivity contribution < 1.29 is 46.7 Å². The van der Waals surface area contributed by atoms with Crippen molar-refractivity contribution >= 4 is 63.1 Å². The zero-order valence-corrected chi connectivity index (χ0v) is 37.1. The third kappa shape index (κ3) is 13.2. The number of unbranched alkanes of at least 4 members (excludes halogenated alkanes) is 3. The molecule has 2 saturated carbocycles. The van der Waals surface area contributed by atoms with E-state index in [9.17, 15) is 42.0 Å². The number of sulfonamides is 1. The standard InChI is InChI=1S/C41H66N8O10S2/c1-61(57,58)48-20-17-27(23-48)36(52)44-31(37(53)47-41-45-32(25-60-41)26-10-5-4-6-11-26)24-59-21-9-12-34(50)43-19-8-3-2-7-18-42-28-13-14-29-30(22-28)40(56)49(39(29)55)33-15-16-35(51)46-38(33)54/h26-33,41-42,45H,2-25H2,1H3,(H,43,50)(H,44,52)(H,47,53)(H,46,51,54)/t27?,28?,29?,30?,31-,32?,33?,41?/m0/s1. The Morgan fingerprint density at radius 2 is 1.66 bits per heavy atom. The van der Waals surface area contributed by atoms with Crippen LogP contribution >= 0.6 is 11.8 Å². The van der Waals surface area contributed by atoms with Crippen LogP contribution in [0.5, 0.6) is 0 Å². The molecule has 8 atom stereocenters. The molecule has 0 aromatic heterocycles. The van der Waals surface area contributed by atoms with Crippen molar-refractivity contribution in [2.45, 2.75) is 139 Å². The van der Waals surface area contributed by atoms with Crippen molar-refractivity contribution in [2.75, 3.05) is 51.4 Å². The fourth-order valence-corrected chi connectivity index (χ4v) is 11.8. The fourth-order valence-electron chi connectivity index (χ4n) is 9.72. The number of likely N-dealkylation sites (tertiary alicyclic amines) is 1. The topological polar surface area (TPSA) is 242 Å². The highest BCUT2D eigenvalue weighted by atomic mass is 32.2. The fraction of sp³-hybridized carbons (Fsp3) is 0.829. The van der Waals surface area contributed by atoms with Gasteiger partial charge in [0, 0.05) is 56.9 Å². The van der Waals surface area contributed by atoms with Crippen molar-refractivity contribution in [1.29, 1.82) is 0 Å². The molecule has 2 aliphatic carbocycles. The first-order chi connectivity index (χ1) is 29.3. The van der Waals surface area contributed by atoms with Crippen LogP contribution in [0.4, 0.5) is 0 Å².